The third-order valence-corrected chi connectivity index (χ3v) is 4.20. The van der Waals surface area contributed by atoms with Crippen molar-refractivity contribution in [1.29, 1.82) is 0 Å². The Morgan fingerprint density at radius 1 is 1.50 bits per heavy atom. The molecule has 0 unspecified atom stereocenters. The molecule has 1 saturated heterocycles. The van der Waals surface area contributed by atoms with E-state index in [1.165, 1.54) is 11.5 Å². The van der Waals surface area contributed by atoms with Gasteiger partial charge in [-0.15, -0.1) is 0 Å². The van der Waals surface area contributed by atoms with Crippen molar-refractivity contribution in [2.24, 2.45) is 0 Å². The smallest absolute Gasteiger partial charge is 0.233 e. The van der Waals surface area contributed by atoms with Crippen LogP contribution in [0, 0.1) is 0 Å². The van der Waals surface area contributed by atoms with Crippen LogP contribution in [-0.4, -0.2) is 31.1 Å². The van der Waals surface area contributed by atoms with Gasteiger partial charge in [0, 0.05) is 39.9 Å². The van der Waals surface area contributed by atoms with Gasteiger partial charge in [0.15, 0.2) is 0 Å². The predicted octanol–water partition coefficient (Wildman–Crippen LogP) is 0.443. The Kier molecular flexibility index (Phi) is 2.97. The maximum atomic E-state index is 11.1. The molecule has 2 rings (SSSR count). The van der Waals surface area contributed by atoms with E-state index in [4.69, 9.17) is 5.73 Å². The molecule has 3 N–H and O–H groups in total. The summed E-state index contributed by atoms with van der Waals surface area (Å²) in [7, 11) is -0.611. The summed E-state index contributed by atoms with van der Waals surface area (Å²) in [5, 5.41) is 4.02. The van der Waals surface area contributed by atoms with Gasteiger partial charge in [0.05, 0.1) is 0 Å². The molecular weight excluding hydrogens is 220 g/mol. The number of nitrogens with two attached hydrogens (primary N) is 1. The second-order valence-electron chi connectivity index (χ2n) is 3.22. The quantitative estimate of drug-likeness (QED) is 0.773. The summed E-state index contributed by atoms with van der Waals surface area (Å²) < 4.78 is 15.0. The van der Waals surface area contributed by atoms with Crippen LogP contribution in [0.5, 0.6) is 0 Å². The van der Waals surface area contributed by atoms with Crippen LogP contribution in [0.3, 0.4) is 0 Å². The first-order valence-corrected chi connectivity index (χ1v) is 6.71. The number of hydrogen-bond acceptors (Lipinski definition) is 6. The molecule has 1 fully saturated rings. The highest BCUT2D eigenvalue weighted by Gasteiger charge is 2.18. The number of hydrogen-bond donors (Lipinski definition) is 2. The Morgan fingerprint density at radius 3 is 2.79 bits per heavy atom. The van der Waals surface area contributed by atoms with E-state index in [0.29, 0.717) is 12.0 Å². The van der Waals surface area contributed by atoms with Crippen LogP contribution in [0.2, 0.25) is 0 Å². The molecule has 1 aromatic rings. The highest BCUT2D eigenvalue weighted by Crippen LogP contribution is 2.18. The van der Waals surface area contributed by atoms with Gasteiger partial charge in [-0.05, 0) is 12.8 Å². The van der Waals surface area contributed by atoms with E-state index in [0.717, 1.165) is 29.5 Å². The fraction of sp³-hybridized carbons (Fsp3) is 0.714. The van der Waals surface area contributed by atoms with Gasteiger partial charge < -0.3 is 11.1 Å². The summed E-state index contributed by atoms with van der Waals surface area (Å²) in [6.07, 6.45) is 1.87. The molecule has 0 bridgehead atoms. The van der Waals surface area contributed by atoms with Gasteiger partial charge in [-0.25, -0.2) is 0 Å². The summed E-state index contributed by atoms with van der Waals surface area (Å²) in [4.78, 5) is 4.02. The van der Waals surface area contributed by atoms with Crippen molar-refractivity contribution < 1.29 is 4.21 Å². The van der Waals surface area contributed by atoms with E-state index in [1.54, 1.807) is 0 Å². The molecule has 7 heteroatoms. The molecule has 78 valence electrons. The number of aromatic nitrogens is 2. The summed E-state index contributed by atoms with van der Waals surface area (Å²) in [6, 6.07) is 0.375. The third kappa shape index (κ3) is 2.42. The first-order valence-electron chi connectivity index (χ1n) is 4.45. The number of nitrogens with zero attached hydrogens (tertiary/aromatic N) is 2. The molecule has 0 radical (unpaired) electrons. The van der Waals surface area contributed by atoms with E-state index in [-0.39, 0.29) is 0 Å². The van der Waals surface area contributed by atoms with Crippen molar-refractivity contribution in [3.63, 3.8) is 0 Å². The standard InChI is InChI=1S/C7H12N4OS2/c8-6-10-7(13-11-6)9-5-1-3-14(12)4-2-5/h5H,1-4H2,(H3,8,9,10,11). The molecule has 0 atom stereocenters. The van der Waals surface area contributed by atoms with Crippen LogP contribution in [0.15, 0.2) is 0 Å². The van der Waals surface area contributed by atoms with Crippen molar-refractivity contribution in [3.8, 4) is 0 Å². The summed E-state index contributed by atoms with van der Waals surface area (Å²) >= 11 is 1.27. The van der Waals surface area contributed by atoms with Gasteiger partial charge in [-0.1, -0.05) is 0 Å². The normalized spacial score (nSPS) is 27.4. The van der Waals surface area contributed by atoms with Crippen LogP contribution in [0.4, 0.5) is 11.1 Å². The number of rotatable bonds is 2. The first-order chi connectivity index (χ1) is 6.74. The lowest BCUT2D eigenvalue weighted by Gasteiger charge is -2.21. The largest absolute Gasteiger partial charge is 0.367 e. The Morgan fingerprint density at radius 2 is 2.21 bits per heavy atom. The summed E-state index contributed by atoms with van der Waals surface area (Å²) in [6.45, 7) is 0. The van der Waals surface area contributed by atoms with E-state index in [9.17, 15) is 4.21 Å². The zero-order chi connectivity index (χ0) is 9.97. The van der Waals surface area contributed by atoms with Gasteiger partial charge in [-0.2, -0.15) is 9.36 Å². The molecule has 2 heterocycles. The molecule has 0 aliphatic carbocycles. The van der Waals surface area contributed by atoms with Crippen LogP contribution in [0.25, 0.3) is 0 Å². The van der Waals surface area contributed by atoms with Crippen LogP contribution in [0.1, 0.15) is 12.8 Å². The van der Waals surface area contributed by atoms with Crippen molar-refractivity contribution in [2.75, 3.05) is 22.6 Å². The molecule has 5 nitrogen and oxygen atoms in total. The molecule has 14 heavy (non-hydrogen) atoms. The van der Waals surface area contributed by atoms with E-state index < -0.39 is 10.8 Å². The minimum absolute atomic E-state index is 0.317. The van der Waals surface area contributed by atoms with Gasteiger partial charge >= 0.3 is 0 Å². The zero-order valence-electron chi connectivity index (χ0n) is 7.60. The van der Waals surface area contributed by atoms with Crippen LogP contribution in [-0.2, 0) is 10.8 Å². The summed E-state index contributed by atoms with van der Waals surface area (Å²) in [5.74, 6) is 1.88. The Hall–Kier alpha value is -0.690. The van der Waals surface area contributed by atoms with Gasteiger partial charge in [0.1, 0.15) is 0 Å². The van der Waals surface area contributed by atoms with Gasteiger partial charge in [0.2, 0.25) is 11.1 Å². The molecule has 1 aliphatic heterocycles. The maximum absolute atomic E-state index is 11.1. The lowest BCUT2D eigenvalue weighted by Crippen LogP contribution is -2.29. The maximum Gasteiger partial charge on any atom is 0.233 e. The Balaban J connectivity index is 1.89. The van der Waals surface area contributed by atoms with Crippen molar-refractivity contribution in [2.45, 2.75) is 18.9 Å². The van der Waals surface area contributed by atoms with Crippen molar-refractivity contribution >= 4 is 33.4 Å². The SMILES string of the molecule is Nc1nsc(NC2CCS(=O)CC2)n1. The first kappa shape index (κ1) is 9.85. The van der Waals surface area contributed by atoms with E-state index >= 15 is 0 Å². The van der Waals surface area contributed by atoms with Crippen molar-refractivity contribution in [3.05, 3.63) is 0 Å². The topological polar surface area (TPSA) is 80.9 Å². The molecule has 0 amide bonds. The fourth-order valence-corrected chi connectivity index (χ4v) is 3.28. The lowest BCUT2D eigenvalue weighted by molar-refractivity contribution is 0.624. The monoisotopic (exact) mass is 232 g/mol. The molecule has 1 aromatic heterocycles. The van der Waals surface area contributed by atoms with Gasteiger partial charge in [0.25, 0.3) is 0 Å². The van der Waals surface area contributed by atoms with Gasteiger partial charge in [-0.3, -0.25) is 4.21 Å². The Labute approximate surface area is 88.7 Å². The second kappa shape index (κ2) is 4.22. The highest BCUT2D eigenvalue weighted by atomic mass is 32.2. The van der Waals surface area contributed by atoms with E-state index in [2.05, 4.69) is 14.7 Å². The van der Waals surface area contributed by atoms with E-state index in [1.807, 2.05) is 0 Å². The minimum atomic E-state index is -0.611. The van der Waals surface area contributed by atoms with Crippen LogP contribution >= 0.6 is 11.5 Å². The molecule has 0 aromatic carbocycles. The number of nitrogens with one attached hydrogen (secondary N) is 1. The second-order valence-corrected chi connectivity index (χ2v) is 5.67. The van der Waals surface area contributed by atoms with Crippen LogP contribution < -0.4 is 11.1 Å². The average molecular weight is 232 g/mol. The zero-order valence-corrected chi connectivity index (χ0v) is 9.24. The molecular formula is C7H12N4OS2. The average Bonchev–Trinajstić information content (AvgIpc) is 2.56. The predicted molar refractivity (Wildman–Crippen MR) is 58.8 cm³/mol. The number of anilines is 2. The fourth-order valence-electron chi connectivity index (χ4n) is 1.41. The molecule has 0 spiro atoms. The summed E-state index contributed by atoms with van der Waals surface area (Å²) in [5.41, 5.74) is 5.41. The molecule has 0 saturated carbocycles. The third-order valence-electron chi connectivity index (χ3n) is 2.16. The minimum Gasteiger partial charge on any atom is -0.367 e. The highest BCUT2D eigenvalue weighted by molar-refractivity contribution is 7.85. The van der Waals surface area contributed by atoms with Crippen molar-refractivity contribution in [1.82, 2.24) is 9.36 Å². The number of nitrogen functional groups attached to an aromatic ring is 1. The Bertz CT molecular complexity index is 330. The lowest BCUT2D eigenvalue weighted by atomic mass is 10.2. The molecule has 1 aliphatic rings.